The van der Waals surface area contributed by atoms with Crippen LogP contribution in [0.1, 0.15) is 24.1 Å². The molecule has 2 aliphatic heterocycles. The Balaban J connectivity index is 1.36. The monoisotopic (exact) mass is 554 g/mol. The van der Waals surface area contributed by atoms with Gasteiger partial charge in [-0.25, -0.2) is 32.9 Å². The number of hydrogen-bond donors (Lipinski definition) is 2. The molecule has 11 nitrogen and oxygen atoms in total. The quantitative estimate of drug-likeness (QED) is 0.394. The van der Waals surface area contributed by atoms with Crippen molar-refractivity contribution in [1.29, 1.82) is 0 Å². The minimum Gasteiger partial charge on any atom is -0.476 e. The van der Waals surface area contributed by atoms with Crippen LogP contribution in [0, 0.1) is 24.4 Å². The summed E-state index contributed by atoms with van der Waals surface area (Å²) >= 11 is 0. The number of halogens is 3. The van der Waals surface area contributed by atoms with Crippen molar-refractivity contribution in [3.8, 4) is 16.9 Å². The number of carboxylic acid groups (broad SMARTS) is 1. The number of amides is 2. The summed E-state index contributed by atoms with van der Waals surface area (Å²) in [6.07, 6.45) is 1.88. The molecule has 6 rings (SSSR count). The molecule has 5 heterocycles. The van der Waals surface area contributed by atoms with Gasteiger partial charge >= 0.3 is 6.09 Å². The maximum Gasteiger partial charge on any atom is 0.407 e. The maximum absolute atomic E-state index is 15.2. The van der Waals surface area contributed by atoms with E-state index in [9.17, 15) is 23.5 Å². The first-order valence-electron chi connectivity index (χ1n) is 12.1. The van der Waals surface area contributed by atoms with E-state index in [1.54, 1.807) is 11.3 Å². The predicted molar refractivity (Wildman–Crippen MR) is 132 cm³/mol. The van der Waals surface area contributed by atoms with E-state index in [1.165, 1.54) is 36.5 Å². The van der Waals surface area contributed by atoms with Gasteiger partial charge in [0.2, 0.25) is 0 Å². The van der Waals surface area contributed by atoms with Gasteiger partial charge in [-0.15, -0.1) is 0 Å². The molecule has 0 spiro atoms. The fourth-order valence-corrected chi connectivity index (χ4v) is 4.95. The molecule has 40 heavy (non-hydrogen) atoms. The van der Waals surface area contributed by atoms with E-state index >= 15 is 4.39 Å². The van der Waals surface area contributed by atoms with Crippen LogP contribution in [0.15, 0.2) is 36.8 Å². The first-order chi connectivity index (χ1) is 18.9. The van der Waals surface area contributed by atoms with Crippen LogP contribution in [0.4, 0.5) is 23.7 Å². The molecule has 0 unspecified atom stereocenters. The van der Waals surface area contributed by atoms with Crippen LogP contribution in [0.5, 0.6) is 5.75 Å². The van der Waals surface area contributed by atoms with Crippen molar-refractivity contribution in [3.63, 3.8) is 0 Å². The second kappa shape index (κ2) is 8.91. The predicted octanol–water partition coefficient (Wildman–Crippen LogP) is 3.01. The summed E-state index contributed by atoms with van der Waals surface area (Å²) < 4.78 is 50.7. The number of nitrogens with zero attached hydrogens (tertiary/aromatic N) is 6. The number of rotatable bonds is 4. The second-order valence-corrected chi connectivity index (χ2v) is 9.79. The van der Waals surface area contributed by atoms with E-state index in [1.807, 2.05) is 0 Å². The lowest BCUT2D eigenvalue weighted by molar-refractivity contribution is -0.125. The Morgan fingerprint density at radius 3 is 2.52 bits per heavy atom. The van der Waals surface area contributed by atoms with Crippen molar-refractivity contribution < 1.29 is 37.7 Å². The van der Waals surface area contributed by atoms with Gasteiger partial charge in [-0.05, 0) is 13.8 Å². The molecule has 0 bridgehead atoms. The highest BCUT2D eigenvalue weighted by molar-refractivity contribution is 5.99. The summed E-state index contributed by atoms with van der Waals surface area (Å²) in [5, 5.41) is 19.6. The molecule has 2 aliphatic rings. The van der Waals surface area contributed by atoms with Crippen molar-refractivity contribution in [2.75, 3.05) is 18.0 Å². The van der Waals surface area contributed by atoms with E-state index in [-0.39, 0.29) is 53.7 Å². The number of carbonyl (C=O) groups is 2. The number of fused-ring (bicyclic) bond motifs is 2. The van der Waals surface area contributed by atoms with Gasteiger partial charge in [0.15, 0.2) is 29.1 Å². The number of aromatic nitrogens is 4. The van der Waals surface area contributed by atoms with Gasteiger partial charge in [0.1, 0.15) is 17.3 Å². The van der Waals surface area contributed by atoms with Crippen LogP contribution in [0.3, 0.4) is 0 Å². The molecule has 2 N–H and O–H groups in total. The third-order valence-electron chi connectivity index (χ3n) is 7.06. The lowest BCUT2D eigenvalue weighted by atomic mass is 9.93. The van der Waals surface area contributed by atoms with Gasteiger partial charge in [-0.2, -0.15) is 0 Å². The molecule has 2 amide bonds. The minimum atomic E-state index is -1.54. The van der Waals surface area contributed by atoms with Crippen LogP contribution in [-0.2, 0) is 16.9 Å². The zero-order chi connectivity index (χ0) is 28.5. The number of anilines is 1. The fraction of sp³-hybridized carbons (Fsp3) is 0.269. The molecule has 0 saturated carbocycles. The van der Waals surface area contributed by atoms with Crippen LogP contribution >= 0.6 is 0 Å². The molecule has 1 saturated heterocycles. The molecule has 4 aromatic rings. The third-order valence-corrected chi connectivity index (χ3v) is 7.06. The molecule has 14 heteroatoms. The number of pyridine rings is 1. The maximum atomic E-state index is 15.2. The number of ether oxygens (including phenoxy) is 1. The largest absolute Gasteiger partial charge is 0.476 e. The molecule has 1 fully saturated rings. The fourth-order valence-electron chi connectivity index (χ4n) is 4.95. The van der Waals surface area contributed by atoms with Crippen LogP contribution in [0.25, 0.3) is 16.8 Å². The zero-order valence-electron chi connectivity index (χ0n) is 21.1. The molecule has 3 aromatic heterocycles. The second-order valence-electron chi connectivity index (χ2n) is 9.79. The lowest BCUT2D eigenvalue weighted by Gasteiger charge is -2.43. The summed E-state index contributed by atoms with van der Waals surface area (Å²) in [4.78, 5) is 38.9. The summed E-state index contributed by atoms with van der Waals surface area (Å²) in [5.41, 5.74) is -0.0906. The zero-order valence-corrected chi connectivity index (χ0v) is 21.1. The Labute approximate surface area is 224 Å². The van der Waals surface area contributed by atoms with Crippen LogP contribution in [-0.4, -0.2) is 65.7 Å². The molecule has 1 atom stereocenters. The van der Waals surface area contributed by atoms with Crippen LogP contribution in [0.2, 0.25) is 0 Å². The van der Waals surface area contributed by atoms with Gasteiger partial charge in [-0.3, -0.25) is 9.69 Å². The summed E-state index contributed by atoms with van der Waals surface area (Å²) in [6.45, 7) is 2.62. The van der Waals surface area contributed by atoms with E-state index in [2.05, 4.69) is 15.0 Å². The highest BCUT2D eigenvalue weighted by Gasteiger charge is 2.47. The number of imidazole rings is 1. The molecular weight excluding hydrogens is 533 g/mol. The number of likely N-dealkylation sites (tertiary alicyclic amines) is 1. The molecule has 0 radical (unpaired) electrons. The smallest absolute Gasteiger partial charge is 0.407 e. The number of aliphatic hydroxyl groups is 1. The summed E-state index contributed by atoms with van der Waals surface area (Å²) in [6, 6.07) is 2.88. The number of β-amino-alcohol motifs (C(OH)–C–C–N with tert-alkyl or cyclic N) is 1. The van der Waals surface area contributed by atoms with Gasteiger partial charge in [-0.1, -0.05) is 0 Å². The number of benzene rings is 1. The SMILES string of the molecule is Cc1nc2cc(F)c(-c3cnc(C4(O)CN(C(=O)O)C4)nc3)cn2c1CN1C(=O)[C@@H](C)Oc2c(F)cc(F)cc21. The van der Waals surface area contributed by atoms with Crippen molar-refractivity contribution in [2.24, 2.45) is 0 Å². The average molecular weight is 554 g/mol. The molecule has 206 valence electrons. The van der Waals surface area contributed by atoms with E-state index in [4.69, 9.17) is 9.84 Å². The lowest BCUT2D eigenvalue weighted by Crippen LogP contribution is -2.61. The van der Waals surface area contributed by atoms with Gasteiger partial charge in [0, 0.05) is 47.9 Å². The molecule has 0 aliphatic carbocycles. The van der Waals surface area contributed by atoms with Gasteiger partial charge in [0.25, 0.3) is 5.91 Å². The van der Waals surface area contributed by atoms with E-state index < -0.39 is 41.2 Å². The van der Waals surface area contributed by atoms with Gasteiger partial charge in [0.05, 0.1) is 36.7 Å². The highest BCUT2D eigenvalue weighted by Crippen LogP contribution is 2.38. The van der Waals surface area contributed by atoms with E-state index in [0.29, 0.717) is 17.5 Å². The van der Waals surface area contributed by atoms with Crippen LogP contribution < -0.4 is 9.64 Å². The molecular formula is C26H21F3N6O5. The number of hydrogen-bond acceptors (Lipinski definition) is 7. The normalized spacial score (nSPS) is 17.9. The first kappa shape index (κ1) is 25.6. The Morgan fingerprint density at radius 2 is 1.85 bits per heavy atom. The number of carbonyl (C=O) groups excluding carboxylic acids is 1. The minimum absolute atomic E-state index is 0.00693. The van der Waals surface area contributed by atoms with Crippen molar-refractivity contribution in [1.82, 2.24) is 24.3 Å². The average Bonchev–Trinajstić information content (AvgIpc) is 3.18. The Morgan fingerprint density at radius 1 is 1.15 bits per heavy atom. The van der Waals surface area contributed by atoms with Gasteiger partial charge < -0.3 is 24.3 Å². The standard InChI is InChI=1S/C26H21F3N6O5/c1-12-20(9-35-19-4-15(27)3-18(29)22(19)40-13(2)23(35)36)34-8-16(17(28)5-21(34)32-12)14-6-30-24(31-7-14)26(39)10-33(11-26)25(37)38/h3-8,13,39H,9-11H2,1-2H3,(H,37,38)/t13-/m1/s1. The third kappa shape index (κ3) is 3.99. The first-order valence-corrected chi connectivity index (χ1v) is 12.1. The Hall–Kier alpha value is -4.72. The molecule has 1 aromatic carbocycles. The topological polar surface area (TPSA) is 133 Å². The van der Waals surface area contributed by atoms with Crippen molar-refractivity contribution in [3.05, 3.63) is 71.5 Å². The Bertz CT molecular complexity index is 1700. The van der Waals surface area contributed by atoms with Crippen molar-refractivity contribution in [2.45, 2.75) is 32.1 Å². The number of aryl methyl sites for hydroxylation is 1. The van der Waals surface area contributed by atoms with Crippen molar-refractivity contribution >= 4 is 23.3 Å². The summed E-state index contributed by atoms with van der Waals surface area (Å²) in [5.74, 6) is -3.21. The Kier molecular flexibility index (Phi) is 5.69. The highest BCUT2D eigenvalue weighted by atomic mass is 19.1. The summed E-state index contributed by atoms with van der Waals surface area (Å²) in [7, 11) is 0. The van der Waals surface area contributed by atoms with E-state index in [0.717, 1.165) is 11.0 Å².